The van der Waals surface area contributed by atoms with Crippen molar-refractivity contribution in [2.24, 2.45) is 10.5 Å². The van der Waals surface area contributed by atoms with Crippen LogP contribution < -0.4 is 61.1 Å². The Morgan fingerprint density at radius 1 is 0.750 bits per heavy atom. The van der Waals surface area contributed by atoms with Crippen molar-refractivity contribution in [2.75, 3.05) is 37.5 Å². The molecule has 0 aliphatic carbocycles. The van der Waals surface area contributed by atoms with E-state index in [1.165, 1.54) is 6.92 Å². The summed E-state index contributed by atoms with van der Waals surface area (Å²) in [4.78, 5) is 20.7. The SMILES string of the molecule is CC(=O)Nc1cccc2c(S(=O)(=O)NC3COC3)cccc12.Nc1cccc2c(S(=O)(=O)NC3COC3)cccc12.[N-]=NNNN=O.[Na+]. The number of rotatable bonds is 10. The van der Waals surface area contributed by atoms with E-state index in [0.717, 1.165) is 5.39 Å². The van der Waals surface area contributed by atoms with Crippen LogP contribution in [0.3, 0.4) is 0 Å². The van der Waals surface area contributed by atoms with E-state index in [-0.39, 0.29) is 57.3 Å². The molecular formula is C28H32N9NaO8S2. The van der Waals surface area contributed by atoms with Gasteiger partial charge in [0.1, 0.15) is 0 Å². The predicted molar refractivity (Wildman–Crippen MR) is 174 cm³/mol. The molecule has 0 unspecified atom stereocenters. The summed E-state index contributed by atoms with van der Waals surface area (Å²) >= 11 is 0. The molecule has 0 saturated carbocycles. The van der Waals surface area contributed by atoms with Gasteiger partial charge in [0, 0.05) is 39.8 Å². The molecule has 2 fully saturated rings. The Morgan fingerprint density at radius 3 is 1.65 bits per heavy atom. The number of hydrogen-bond donors (Lipinski definition) is 6. The van der Waals surface area contributed by atoms with Crippen molar-refractivity contribution in [2.45, 2.75) is 28.8 Å². The number of nitrogens with zero attached hydrogens (tertiary/aromatic N) is 3. The fraction of sp³-hybridized carbons (Fsp3) is 0.250. The molecule has 0 bridgehead atoms. The van der Waals surface area contributed by atoms with Crippen molar-refractivity contribution in [3.8, 4) is 0 Å². The van der Waals surface area contributed by atoms with Gasteiger partial charge < -0.3 is 31.6 Å². The predicted octanol–water partition coefficient (Wildman–Crippen LogP) is -0.723. The number of hydrazine groups is 1. The van der Waals surface area contributed by atoms with Crippen molar-refractivity contribution in [3.05, 3.63) is 83.2 Å². The van der Waals surface area contributed by atoms with Crippen molar-refractivity contribution in [1.82, 2.24) is 20.5 Å². The number of sulfonamides is 2. The molecule has 20 heteroatoms. The van der Waals surface area contributed by atoms with Crippen LogP contribution in [0.1, 0.15) is 6.92 Å². The summed E-state index contributed by atoms with van der Waals surface area (Å²) in [6.45, 7) is 3.04. The molecular weight excluding hydrogens is 677 g/mol. The number of nitrogen functional groups attached to an aromatic ring is 1. The van der Waals surface area contributed by atoms with E-state index in [1.807, 2.05) is 6.07 Å². The molecule has 1 amide bonds. The maximum absolute atomic E-state index is 12.5. The van der Waals surface area contributed by atoms with Crippen LogP contribution in [0.25, 0.3) is 27.1 Å². The third-order valence-corrected chi connectivity index (χ3v) is 9.91. The third-order valence-electron chi connectivity index (χ3n) is 6.75. The molecule has 0 atom stereocenters. The van der Waals surface area contributed by atoms with Gasteiger partial charge in [-0.1, -0.05) is 48.5 Å². The first-order chi connectivity index (χ1) is 22.5. The Labute approximate surface area is 298 Å². The maximum Gasteiger partial charge on any atom is 1.00 e. The van der Waals surface area contributed by atoms with E-state index >= 15 is 0 Å². The first-order valence-corrected chi connectivity index (χ1v) is 16.9. The van der Waals surface area contributed by atoms with Crippen molar-refractivity contribution < 1.29 is 60.7 Å². The molecule has 6 rings (SSSR count). The Morgan fingerprint density at radius 2 is 1.21 bits per heavy atom. The molecule has 0 aromatic heterocycles. The second kappa shape index (κ2) is 17.6. The van der Waals surface area contributed by atoms with Crippen molar-refractivity contribution in [1.29, 1.82) is 0 Å². The Hall–Kier alpha value is -3.79. The molecule has 17 nitrogen and oxygen atoms in total. The van der Waals surface area contributed by atoms with E-state index in [1.54, 1.807) is 77.8 Å². The molecule has 2 saturated heterocycles. The molecule has 2 aliphatic rings. The number of benzene rings is 4. The molecule has 4 aromatic carbocycles. The zero-order chi connectivity index (χ0) is 34.0. The van der Waals surface area contributed by atoms with Gasteiger partial charge in [0.2, 0.25) is 26.0 Å². The largest absolute Gasteiger partial charge is 1.00 e. The Kier molecular flexibility index (Phi) is 14.1. The van der Waals surface area contributed by atoms with E-state index < -0.39 is 20.0 Å². The van der Waals surface area contributed by atoms with Crippen molar-refractivity contribution >= 4 is 58.9 Å². The second-order valence-electron chi connectivity index (χ2n) is 10.2. The van der Waals surface area contributed by atoms with Gasteiger partial charge in [-0.3, -0.25) is 10.0 Å². The topological polar surface area (TPSA) is 254 Å². The summed E-state index contributed by atoms with van der Waals surface area (Å²) in [6.07, 6.45) is 0. The van der Waals surface area contributed by atoms with E-state index in [0.29, 0.717) is 54.0 Å². The average Bonchev–Trinajstić information content (AvgIpc) is 3.00. The normalized spacial score (nSPS) is 14.4. The molecule has 7 N–H and O–H groups in total. The number of amides is 1. The average molecular weight is 710 g/mol. The number of anilines is 2. The van der Waals surface area contributed by atoms with Gasteiger partial charge in [-0.25, -0.2) is 31.8 Å². The molecule has 0 radical (unpaired) electrons. The first-order valence-electron chi connectivity index (χ1n) is 13.9. The van der Waals surface area contributed by atoms with Gasteiger partial charge in [-0.2, -0.15) is 0 Å². The number of ether oxygens (including phenoxy) is 2. The summed E-state index contributed by atoms with van der Waals surface area (Å²) in [7, 11) is -7.18. The fourth-order valence-electron chi connectivity index (χ4n) is 4.57. The van der Waals surface area contributed by atoms with E-state index in [9.17, 15) is 21.6 Å². The molecule has 0 spiro atoms. The van der Waals surface area contributed by atoms with Gasteiger partial charge in [0.05, 0.1) is 53.6 Å². The number of nitrogens with two attached hydrogens (primary N) is 1. The van der Waals surface area contributed by atoms with Crippen LogP contribution in [0, 0.1) is 4.91 Å². The van der Waals surface area contributed by atoms with Crippen LogP contribution in [-0.4, -0.2) is 61.3 Å². The zero-order valence-electron chi connectivity index (χ0n) is 25.9. The number of carbonyl (C=O) groups is 1. The first kappa shape index (κ1) is 38.7. The summed E-state index contributed by atoms with van der Waals surface area (Å²) in [6, 6.07) is 20.3. The summed E-state index contributed by atoms with van der Waals surface area (Å²) in [5.41, 5.74) is 17.7. The molecule has 4 aromatic rings. The molecule has 2 heterocycles. The van der Waals surface area contributed by atoms with Crippen LogP contribution in [0.4, 0.5) is 11.4 Å². The second-order valence-corrected chi connectivity index (χ2v) is 13.5. The summed E-state index contributed by atoms with van der Waals surface area (Å²) < 4.78 is 65.0. The van der Waals surface area contributed by atoms with Gasteiger partial charge >= 0.3 is 29.6 Å². The zero-order valence-corrected chi connectivity index (χ0v) is 29.5. The standard InChI is InChI=1S/C15H16N2O4S.C13H14N2O3S.H2N5O.Na/c1-10(18)16-14-6-2-5-13-12(14)4-3-7-15(13)22(19,20)17-11-8-21-9-11;14-12-5-1-4-11-10(12)3-2-6-13(11)19(16,17)15-9-7-18-8-9;1-2-3-4-5-6;/h2-7,11,17H,8-9H2,1H3,(H,16,18);1-6,9,15H,7-8,14H2;(H2-,1,2,3,4,5,6);/q;;-1;+1. The van der Waals surface area contributed by atoms with Crippen LogP contribution in [0.2, 0.25) is 0 Å². The smallest absolute Gasteiger partial charge is 0.398 e. The van der Waals surface area contributed by atoms with Crippen LogP contribution in [0.5, 0.6) is 0 Å². The van der Waals surface area contributed by atoms with Crippen LogP contribution in [-0.2, 0) is 34.3 Å². The Bertz CT molecular complexity index is 1970. The van der Waals surface area contributed by atoms with E-state index in [2.05, 4.69) is 25.3 Å². The maximum atomic E-state index is 12.5. The van der Waals surface area contributed by atoms with Gasteiger partial charge in [0.25, 0.3) is 0 Å². The summed E-state index contributed by atoms with van der Waals surface area (Å²) in [5, 5.41) is 9.68. The monoisotopic (exact) mass is 709 g/mol. The quantitative estimate of drug-likeness (QED) is 0.0299. The number of hydrogen-bond acceptors (Lipinski definition) is 11. The number of carbonyl (C=O) groups excluding carboxylic acids is 1. The third kappa shape index (κ3) is 9.87. The molecule has 2 aliphatic heterocycles. The number of fused-ring (bicyclic) bond motifs is 2. The van der Waals surface area contributed by atoms with Crippen LogP contribution >= 0.6 is 0 Å². The molecule has 48 heavy (non-hydrogen) atoms. The van der Waals surface area contributed by atoms with Gasteiger partial charge in [0.15, 0.2) is 0 Å². The minimum absolute atomic E-state index is 0. The minimum atomic E-state index is -3.63. The number of nitrogens with one attached hydrogen (secondary N) is 5. The van der Waals surface area contributed by atoms with Gasteiger partial charge in [-0.05, 0) is 24.3 Å². The number of nitroso groups, excluding NO2 is 1. The van der Waals surface area contributed by atoms with E-state index in [4.69, 9.17) is 25.6 Å². The van der Waals surface area contributed by atoms with Crippen molar-refractivity contribution in [3.63, 3.8) is 0 Å². The van der Waals surface area contributed by atoms with Gasteiger partial charge in [-0.15, -0.1) is 4.91 Å². The van der Waals surface area contributed by atoms with Crippen LogP contribution in [0.15, 0.2) is 93.1 Å². The minimum Gasteiger partial charge on any atom is -0.398 e. The Balaban J connectivity index is 0.000000221. The fourth-order valence-corrected chi connectivity index (χ4v) is 7.42. The summed E-state index contributed by atoms with van der Waals surface area (Å²) in [5.74, 6) is -0.203. The molecule has 250 valence electrons.